The summed E-state index contributed by atoms with van der Waals surface area (Å²) >= 11 is 0. The van der Waals surface area contributed by atoms with Gasteiger partial charge < -0.3 is 26.3 Å². The molecule has 45 heavy (non-hydrogen) atoms. The fourth-order valence-electron chi connectivity index (χ4n) is 5.91. The minimum absolute atomic E-state index is 0.335. The fourth-order valence-corrected chi connectivity index (χ4v) is 5.91. The molecule has 0 bridgehead atoms. The number of imidazole rings is 1. The van der Waals surface area contributed by atoms with Crippen LogP contribution in [-0.2, 0) is 0 Å². The average molecular weight is 603 g/mol. The molecule has 0 amide bonds. The van der Waals surface area contributed by atoms with E-state index in [1.807, 2.05) is 50.8 Å². The van der Waals surface area contributed by atoms with E-state index >= 15 is 0 Å². The molecule has 0 atom stereocenters. The average Bonchev–Trinajstić information content (AvgIpc) is 3.72. The molecular formula is C36H39FN8. The maximum absolute atomic E-state index is 14.7. The van der Waals surface area contributed by atoms with E-state index in [0.717, 1.165) is 40.1 Å². The van der Waals surface area contributed by atoms with Gasteiger partial charge in [0.05, 0.1) is 29.1 Å². The number of fused-ring (bicyclic) bond motifs is 1. The molecule has 0 saturated heterocycles. The first-order valence-corrected chi connectivity index (χ1v) is 15.3. The van der Waals surface area contributed by atoms with Crippen LogP contribution in [0.5, 0.6) is 0 Å². The second-order valence-electron chi connectivity index (χ2n) is 12.0. The lowest BCUT2D eigenvalue weighted by Crippen LogP contribution is -2.20. The Labute approximate surface area is 263 Å². The number of nitrogen functional groups attached to an aromatic ring is 1. The molecule has 0 spiro atoms. The number of aromatic nitrogens is 4. The molecule has 3 aromatic heterocycles. The predicted molar refractivity (Wildman–Crippen MR) is 183 cm³/mol. The second-order valence-corrected chi connectivity index (χ2v) is 12.0. The summed E-state index contributed by atoms with van der Waals surface area (Å²) in [6.45, 7) is 10.2. The number of pyridine rings is 2. The molecule has 6 rings (SSSR count). The molecule has 9 heteroatoms. The summed E-state index contributed by atoms with van der Waals surface area (Å²) in [6.07, 6.45) is 11.9. The van der Waals surface area contributed by atoms with Gasteiger partial charge >= 0.3 is 0 Å². The van der Waals surface area contributed by atoms with Crippen molar-refractivity contribution in [3.05, 3.63) is 103 Å². The molecule has 1 saturated carbocycles. The Kier molecular flexibility index (Phi) is 8.62. The summed E-state index contributed by atoms with van der Waals surface area (Å²) in [4.78, 5) is 19.2. The van der Waals surface area contributed by atoms with Gasteiger partial charge in [-0.25, -0.2) is 9.37 Å². The Morgan fingerprint density at radius 1 is 0.956 bits per heavy atom. The highest BCUT2D eigenvalue weighted by atomic mass is 19.1. The first-order chi connectivity index (χ1) is 21.7. The Morgan fingerprint density at radius 2 is 1.73 bits per heavy atom. The maximum Gasteiger partial charge on any atom is 0.138 e. The van der Waals surface area contributed by atoms with Crippen LogP contribution in [0.3, 0.4) is 0 Å². The number of anilines is 3. The Hall–Kier alpha value is -5.02. The molecule has 0 radical (unpaired) electrons. The number of nitrogens with zero attached hydrogens (tertiary/aromatic N) is 4. The number of hydrogen-bond donors (Lipinski definition) is 4. The third-order valence-corrected chi connectivity index (χ3v) is 8.38. The summed E-state index contributed by atoms with van der Waals surface area (Å²) < 4.78 is 14.7. The fraction of sp³-hybridized carbons (Fsp3) is 0.250. The molecule has 0 aliphatic heterocycles. The van der Waals surface area contributed by atoms with Crippen molar-refractivity contribution in [3.8, 4) is 22.3 Å². The molecule has 8 nitrogen and oxygen atoms in total. The smallest absolute Gasteiger partial charge is 0.138 e. The molecule has 1 aliphatic carbocycles. The summed E-state index contributed by atoms with van der Waals surface area (Å²) in [5, 5.41) is 6.77. The maximum atomic E-state index is 14.7. The van der Waals surface area contributed by atoms with E-state index in [4.69, 9.17) is 10.7 Å². The first-order valence-electron chi connectivity index (χ1n) is 15.3. The van der Waals surface area contributed by atoms with Gasteiger partial charge in [-0.3, -0.25) is 9.97 Å². The molecule has 230 valence electrons. The van der Waals surface area contributed by atoms with Crippen molar-refractivity contribution < 1.29 is 4.39 Å². The highest BCUT2D eigenvalue weighted by Crippen LogP contribution is 2.35. The number of aromatic amines is 1. The second kappa shape index (κ2) is 12.9. The zero-order valence-corrected chi connectivity index (χ0v) is 25.8. The summed E-state index contributed by atoms with van der Waals surface area (Å²) in [5.41, 5.74) is 15.8. The molecule has 1 fully saturated rings. The topological polar surface area (TPSA) is 108 Å². The van der Waals surface area contributed by atoms with Crippen LogP contribution in [0.15, 0.2) is 86.1 Å². The number of H-pyrrole nitrogens is 1. The molecule has 0 unspecified atom stereocenters. The van der Waals surface area contributed by atoms with Gasteiger partial charge in [0.2, 0.25) is 0 Å². The SMILES string of the molecule is C=C(c1nc2c(-c3cc(F)cc(NCCN(C)C)c3)cncc2[nH]1)c1cc(-c2cncc(NC(=C)C3CCCC3)c2)ccc1N. The van der Waals surface area contributed by atoms with Crippen LogP contribution in [0.4, 0.5) is 21.5 Å². The van der Waals surface area contributed by atoms with Crippen LogP contribution >= 0.6 is 0 Å². The van der Waals surface area contributed by atoms with Crippen molar-refractivity contribution in [2.24, 2.45) is 5.92 Å². The summed E-state index contributed by atoms with van der Waals surface area (Å²) in [5.74, 6) is 0.732. The predicted octanol–water partition coefficient (Wildman–Crippen LogP) is 7.56. The van der Waals surface area contributed by atoms with E-state index in [0.29, 0.717) is 51.9 Å². The van der Waals surface area contributed by atoms with E-state index in [1.165, 1.54) is 37.8 Å². The lowest BCUT2D eigenvalue weighted by atomic mass is 9.98. The molecule has 2 aromatic carbocycles. The highest BCUT2D eigenvalue weighted by Gasteiger charge is 2.19. The van der Waals surface area contributed by atoms with Crippen molar-refractivity contribution in [2.45, 2.75) is 25.7 Å². The van der Waals surface area contributed by atoms with Crippen molar-refractivity contribution in [1.29, 1.82) is 0 Å². The zero-order chi connectivity index (χ0) is 31.5. The number of rotatable bonds is 11. The van der Waals surface area contributed by atoms with Crippen LogP contribution in [0.2, 0.25) is 0 Å². The van der Waals surface area contributed by atoms with Crippen LogP contribution in [-0.4, -0.2) is 52.0 Å². The Balaban J connectivity index is 1.28. The monoisotopic (exact) mass is 602 g/mol. The third kappa shape index (κ3) is 6.73. The summed E-state index contributed by atoms with van der Waals surface area (Å²) in [6, 6.07) is 12.8. The van der Waals surface area contributed by atoms with Crippen LogP contribution in [0.1, 0.15) is 37.1 Å². The normalized spacial score (nSPS) is 13.4. The minimum Gasteiger partial charge on any atom is -0.398 e. The van der Waals surface area contributed by atoms with Gasteiger partial charge in [0.25, 0.3) is 0 Å². The number of allylic oxidation sites excluding steroid dienone is 1. The van der Waals surface area contributed by atoms with Gasteiger partial charge in [0.15, 0.2) is 0 Å². The number of benzene rings is 2. The number of nitrogens with two attached hydrogens (primary N) is 1. The van der Waals surface area contributed by atoms with E-state index in [1.54, 1.807) is 12.4 Å². The number of nitrogens with one attached hydrogen (secondary N) is 3. The van der Waals surface area contributed by atoms with Gasteiger partial charge in [-0.05, 0) is 80.4 Å². The molecular weight excluding hydrogens is 563 g/mol. The Bertz CT molecular complexity index is 1870. The minimum atomic E-state index is -0.335. The van der Waals surface area contributed by atoms with Gasteiger partial charge in [-0.1, -0.05) is 32.1 Å². The van der Waals surface area contributed by atoms with Crippen LogP contribution in [0.25, 0.3) is 38.9 Å². The largest absolute Gasteiger partial charge is 0.398 e. The molecule has 5 N–H and O–H groups in total. The third-order valence-electron chi connectivity index (χ3n) is 8.38. The van der Waals surface area contributed by atoms with E-state index in [9.17, 15) is 4.39 Å². The van der Waals surface area contributed by atoms with Gasteiger partial charge in [0.1, 0.15) is 11.6 Å². The van der Waals surface area contributed by atoms with E-state index < -0.39 is 0 Å². The van der Waals surface area contributed by atoms with Crippen LogP contribution in [0, 0.1) is 11.7 Å². The lowest BCUT2D eigenvalue weighted by molar-refractivity contribution is 0.425. The zero-order valence-electron chi connectivity index (χ0n) is 25.8. The van der Waals surface area contributed by atoms with Crippen LogP contribution < -0.4 is 16.4 Å². The van der Waals surface area contributed by atoms with E-state index in [2.05, 4.69) is 49.7 Å². The first kappa shape index (κ1) is 30.0. The van der Waals surface area contributed by atoms with Crippen molar-refractivity contribution in [2.75, 3.05) is 43.6 Å². The van der Waals surface area contributed by atoms with Gasteiger partial charge in [-0.2, -0.15) is 0 Å². The van der Waals surface area contributed by atoms with Crippen molar-refractivity contribution in [1.82, 2.24) is 24.8 Å². The number of likely N-dealkylation sites (N-methyl/N-ethyl adjacent to an activating group) is 1. The highest BCUT2D eigenvalue weighted by molar-refractivity contribution is 5.94. The van der Waals surface area contributed by atoms with Crippen molar-refractivity contribution in [3.63, 3.8) is 0 Å². The molecule has 5 aromatic rings. The Morgan fingerprint density at radius 3 is 2.53 bits per heavy atom. The van der Waals surface area contributed by atoms with Crippen molar-refractivity contribution >= 4 is 33.7 Å². The molecule has 1 aliphatic rings. The quantitative estimate of drug-likeness (QED) is 0.116. The van der Waals surface area contributed by atoms with Gasteiger partial charge in [-0.15, -0.1) is 0 Å². The summed E-state index contributed by atoms with van der Waals surface area (Å²) in [7, 11) is 4.00. The van der Waals surface area contributed by atoms with E-state index in [-0.39, 0.29) is 5.82 Å². The number of halogens is 1. The number of hydrogen-bond acceptors (Lipinski definition) is 7. The molecule has 3 heterocycles. The standard InChI is InChI=1S/C36H39FN8/c1-22(31-16-25(9-10-33(31)38)27-15-30(19-39-18-27)42-23(2)24-7-5-6-8-24)36-43-34-21-40-20-32(35(34)44-36)26-13-28(37)17-29(14-26)41-11-12-45(3)4/h9-10,13-21,24,41-42H,1-2,5-8,11-12,38H2,3-4H3,(H,43,44). The van der Waals surface area contributed by atoms with Gasteiger partial charge in [0, 0.05) is 64.8 Å². The lowest BCUT2D eigenvalue weighted by Gasteiger charge is -2.16.